The van der Waals surface area contributed by atoms with Gasteiger partial charge in [-0.3, -0.25) is 14.2 Å². The van der Waals surface area contributed by atoms with Crippen molar-refractivity contribution in [2.75, 3.05) is 43.7 Å². The number of hydrogen-bond donors (Lipinski definition) is 3. The fraction of sp³-hybridized carbons (Fsp3) is 0.400. The molecule has 0 unspecified atom stereocenters. The second-order valence-electron chi connectivity index (χ2n) is 6.78. The van der Waals surface area contributed by atoms with E-state index < -0.39 is 18.3 Å². The van der Waals surface area contributed by atoms with Gasteiger partial charge in [0.2, 0.25) is 5.91 Å². The van der Waals surface area contributed by atoms with E-state index >= 15 is 0 Å². The minimum Gasteiger partial charge on any atom is -0.483 e. The molecule has 34 heavy (non-hydrogen) atoms. The normalized spacial score (nSPS) is 12.6. The lowest BCUT2D eigenvalue weighted by Gasteiger charge is -2.14. The zero-order valence-electron chi connectivity index (χ0n) is 18.4. The lowest BCUT2D eigenvalue weighted by Crippen LogP contribution is -2.32. The number of amides is 1. The van der Waals surface area contributed by atoms with Crippen LogP contribution in [-0.4, -0.2) is 65.0 Å². The number of fused-ring (bicyclic) bond motifs is 1. The van der Waals surface area contributed by atoms with E-state index in [-0.39, 0.29) is 43.0 Å². The molecule has 0 fully saturated rings. The SMILES string of the molecule is CNC(=O)CNc1nc2ncc(/C(=C/C=C(\N)OC)CI)cc2n(CCOCC(F)(F)F)c1=O. The molecule has 2 aromatic heterocycles. The number of methoxy groups -OCH3 is 1. The molecule has 1 amide bonds. The van der Waals surface area contributed by atoms with Crippen LogP contribution in [0.2, 0.25) is 0 Å². The lowest BCUT2D eigenvalue weighted by atomic mass is 10.1. The number of nitrogens with two attached hydrogens (primary N) is 1. The monoisotopic (exact) mass is 596 g/mol. The molecule has 0 atom stereocenters. The molecule has 2 rings (SSSR count). The van der Waals surface area contributed by atoms with E-state index in [1.54, 1.807) is 24.4 Å². The van der Waals surface area contributed by atoms with Gasteiger partial charge in [-0.15, -0.1) is 0 Å². The van der Waals surface area contributed by atoms with Crippen LogP contribution in [0.15, 0.2) is 35.1 Å². The van der Waals surface area contributed by atoms with Crippen LogP contribution in [-0.2, 0) is 20.8 Å². The van der Waals surface area contributed by atoms with Gasteiger partial charge in [-0.2, -0.15) is 13.2 Å². The molecular formula is C20H24F3IN6O4. The van der Waals surface area contributed by atoms with Crippen molar-refractivity contribution in [2.24, 2.45) is 5.73 Å². The van der Waals surface area contributed by atoms with Crippen molar-refractivity contribution in [1.82, 2.24) is 19.9 Å². The number of pyridine rings is 1. The van der Waals surface area contributed by atoms with E-state index in [1.807, 2.05) is 0 Å². The minimum absolute atomic E-state index is 0.160. The summed E-state index contributed by atoms with van der Waals surface area (Å²) in [6.45, 7) is -2.22. The van der Waals surface area contributed by atoms with Crippen LogP contribution in [0.5, 0.6) is 0 Å². The van der Waals surface area contributed by atoms with Crippen LogP contribution in [0.3, 0.4) is 0 Å². The summed E-state index contributed by atoms with van der Waals surface area (Å²) in [6.07, 6.45) is 0.363. The predicted octanol–water partition coefficient (Wildman–Crippen LogP) is 1.79. The summed E-state index contributed by atoms with van der Waals surface area (Å²) >= 11 is 2.15. The number of carbonyl (C=O) groups is 1. The molecule has 2 heterocycles. The van der Waals surface area contributed by atoms with E-state index in [2.05, 4.69) is 47.9 Å². The van der Waals surface area contributed by atoms with Gasteiger partial charge in [0.25, 0.3) is 5.56 Å². The first-order valence-electron chi connectivity index (χ1n) is 9.85. The van der Waals surface area contributed by atoms with Crippen LogP contribution in [0.25, 0.3) is 16.7 Å². The zero-order valence-corrected chi connectivity index (χ0v) is 20.6. The summed E-state index contributed by atoms with van der Waals surface area (Å²) in [5, 5.41) is 5.04. The van der Waals surface area contributed by atoms with Gasteiger partial charge >= 0.3 is 6.18 Å². The Morgan fingerprint density at radius 2 is 2.09 bits per heavy atom. The largest absolute Gasteiger partial charge is 0.483 e. The van der Waals surface area contributed by atoms with Gasteiger partial charge in [-0.05, 0) is 23.3 Å². The third-order valence-electron chi connectivity index (χ3n) is 4.42. The molecule has 0 aromatic carbocycles. The number of rotatable bonds is 11. The molecule has 186 valence electrons. The Morgan fingerprint density at radius 1 is 1.35 bits per heavy atom. The number of anilines is 1. The van der Waals surface area contributed by atoms with Crippen LogP contribution < -0.4 is 21.9 Å². The van der Waals surface area contributed by atoms with Crippen LogP contribution >= 0.6 is 22.6 Å². The van der Waals surface area contributed by atoms with Crippen molar-refractivity contribution in [3.8, 4) is 0 Å². The summed E-state index contributed by atoms with van der Waals surface area (Å²) in [5.41, 5.74) is 6.95. The highest BCUT2D eigenvalue weighted by Crippen LogP contribution is 2.21. The summed E-state index contributed by atoms with van der Waals surface area (Å²) < 4.78 is 48.7. The average molecular weight is 596 g/mol. The highest BCUT2D eigenvalue weighted by atomic mass is 127. The molecule has 0 aliphatic rings. The van der Waals surface area contributed by atoms with Gasteiger partial charge in [0.1, 0.15) is 6.61 Å². The maximum atomic E-state index is 13.0. The Bertz CT molecular complexity index is 1130. The van der Waals surface area contributed by atoms with E-state index in [9.17, 15) is 22.8 Å². The molecule has 0 aliphatic heterocycles. The molecule has 0 saturated heterocycles. The highest BCUT2D eigenvalue weighted by molar-refractivity contribution is 14.1. The van der Waals surface area contributed by atoms with Crippen molar-refractivity contribution >= 4 is 51.1 Å². The predicted molar refractivity (Wildman–Crippen MR) is 129 cm³/mol. The van der Waals surface area contributed by atoms with Gasteiger partial charge < -0.3 is 25.8 Å². The van der Waals surface area contributed by atoms with Crippen LogP contribution in [0, 0.1) is 0 Å². The van der Waals surface area contributed by atoms with E-state index in [1.165, 1.54) is 18.7 Å². The summed E-state index contributed by atoms with van der Waals surface area (Å²) in [5.74, 6) is -0.346. The van der Waals surface area contributed by atoms with Crippen molar-refractivity contribution in [3.63, 3.8) is 0 Å². The summed E-state index contributed by atoms with van der Waals surface area (Å²) in [6, 6.07) is 1.66. The van der Waals surface area contributed by atoms with E-state index in [0.717, 1.165) is 5.57 Å². The Hall–Kier alpha value is -2.88. The maximum absolute atomic E-state index is 13.0. The molecule has 2 aromatic rings. The number of hydrogen-bond acceptors (Lipinski definition) is 8. The summed E-state index contributed by atoms with van der Waals surface area (Å²) in [4.78, 5) is 33.1. The number of carbonyl (C=O) groups excluding carboxylic acids is 1. The molecule has 0 spiro atoms. The molecule has 0 saturated carbocycles. The number of likely N-dealkylation sites (N-methyl/N-ethyl adjacent to an activating group) is 1. The quantitative estimate of drug-likeness (QED) is 0.118. The van der Waals surface area contributed by atoms with Gasteiger partial charge in [-0.25, -0.2) is 9.97 Å². The number of nitrogens with one attached hydrogen (secondary N) is 2. The third-order valence-corrected chi connectivity index (χ3v) is 5.24. The van der Waals surface area contributed by atoms with Gasteiger partial charge in [0, 0.05) is 24.2 Å². The lowest BCUT2D eigenvalue weighted by molar-refractivity contribution is -0.174. The topological polar surface area (TPSA) is 133 Å². The molecule has 0 radical (unpaired) electrons. The van der Waals surface area contributed by atoms with E-state index in [0.29, 0.717) is 15.5 Å². The Morgan fingerprint density at radius 3 is 2.71 bits per heavy atom. The van der Waals surface area contributed by atoms with Gasteiger partial charge in [-0.1, -0.05) is 28.7 Å². The first kappa shape index (κ1) is 27.4. The first-order chi connectivity index (χ1) is 16.1. The van der Waals surface area contributed by atoms with Crippen molar-refractivity contribution in [2.45, 2.75) is 12.7 Å². The van der Waals surface area contributed by atoms with Gasteiger partial charge in [0.15, 0.2) is 17.3 Å². The van der Waals surface area contributed by atoms with Crippen LogP contribution in [0.1, 0.15) is 5.56 Å². The fourth-order valence-electron chi connectivity index (χ4n) is 2.70. The first-order valence-corrected chi connectivity index (χ1v) is 11.4. The number of halogens is 4. The van der Waals surface area contributed by atoms with Crippen molar-refractivity contribution < 1.29 is 27.4 Å². The molecule has 0 bridgehead atoms. The van der Waals surface area contributed by atoms with Crippen LogP contribution in [0.4, 0.5) is 19.0 Å². The standard InChI is InChI=1S/C20H24F3IN6O4/c1-26-16(31)10-28-18-19(32)30(5-6-34-11-20(21,22)23)14-7-13(9-27-17(14)29-18)12(8-24)3-4-15(25)33-2/h3-4,7,9H,5-6,8,10-11,25H2,1-2H3,(H,26,31)(H,27,28,29)/b12-3+,15-4+. The second-order valence-corrected chi connectivity index (χ2v) is 7.54. The average Bonchev–Trinajstić information content (AvgIpc) is 2.80. The molecule has 0 aliphatic carbocycles. The third kappa shape index (κ3) is 7.86. The molecular weight excluding hydrogens is 572 g/mol. The summed E-state index contributed by atoms with van der Waals surface area (Å²) in [7, 11) is 2.87. The second kappa shape index (κ2) is 12.5. The number of alkyl halides is 4. The zero-order chi connectivity index (χ0) is 25.3. The molecule has 4 N–H and O–H groups in total. The fourth-order valence-corrected chi connectivity index (χ4v) is 3.39. The minimum atomic E-state index is -4.49. The highest BCUT2D eigenvalue weighted by Gasteiger charge is 2.27. The number of allylic oxidation sites excluding steroid dienone is 3. The Kier molecular flexibility index (Phi) is 10.1. The Labute approximate surface area is 206 Å². The van der Waals surface area contributed by atoms with E-state index in [4.69, 9.17) is 10.5 Å². The number of ether oxygens (including phenoxy) is 2. The van der Waals surface area contributed by atoms with Crippen molar-refractivity contribution in [1.29, 1.82) is 0 Å². The van der Waals surface area contributed by atoms with Gasteiger partial charge in [0.05, 0.1) is 25.8 Å². The Balaban J connectivity index is 2.51. The number of nitrogens with zero attached hydrogens (tertiary/aromatic N) is 3. The smallest absolute Gasteiger partial charge is 0.411 e. The molecule has 14 heteroatoms. The molecule has 10 nitrogen and oxygen atoms in total. The number of aromatic nitrogens is 3. The van der Waals surface area contributed by atoms with Crippen molar-refractivity contribution in [3.05, 3.63) is 46.2 Å². The maximum Gasteiger partial charge on any atom is 0.411 e.